The van der Waals surface area contributed by atoms with E-state index in [2.05, 4.69) is 10.5 Å². The number of carbonyl (C=O) groups is 2. The predicted octanol–water partition coefficient (Wildman–Crippen LogP) is 5.41. The summed E-state index contributed by atoms with van der Waals surface area (Å²) in [6, 6.07) is 17.8. The van der Waals surface area contributed by atoms with Gasteiger partial charge in [0.1, 0.15) is 11.5 Å². The summed E-state index contributed by atoms with van der Waals surface area (Å²) in [5.74, 6) is 0.524. The number of halogens is 1. The van der Waals surface area contributed by atoms with Crippen LogP contribution in [0.4, 0.5) is 0 Å². The standard InChI is InChI=1S/C23H21ClN2O4S/c1-3-29-23(28)17-6-4-16(5-7-17)21-13-10-19(30-21)14-25-26-22(27)15(2)31-20-11-8-18(24)9-12-20/h4-15H,3H2,1-2H3,(H,26,27)/b25-14-/t15-/m1/s1. The average molecular weight is 457 g/mol. The lowest BCUT2D eigenvalue weighted by Gasteiger charge is -2.09. The van der Waals surface area contributed by atoms with Crippen LogP contribution in [0.3, 0.4) is 0 Å². The highest BCUT2D eigenvalue weighted by Crippen LogP contribution is 2.25. The lowest BCUT2D eigenvalue weighted by atomic mass is 10.1. The first-order valence-corrected chi connectivity index (χ1v) is 10.8. The van der Waals surface area contributed by atoms with Crippen molar-refractivity contribution in [1.82, 2.24) is 5.43 Å². The van der Waals surface area contributed by atoms with Crippen LogP contribution in [0.5, 0.6) is 0 Å². The maximum atomic E-state index is 12.2. The zero-order chi connectivity index (χ0) is 22.2. The van der Waals surface area contributed by atoms with Gasteiger partial charge in [-0.3, -0.25) is 4.79 Å². The highest BCUT2D eigenvalue weighted by molar-refractivity contribution is 8.00. The molecule has 1 N–H and O–H groups in total. The van der Waals surface area contributed by atoms with Crippen LogP contribution in [0, 0.1) is 0 Å². The first kappa shape index (κ1) is 22.7. The van der Waals surface area contributed by atoms with E-state index in [1.54, 1.807) is 62.4 Å². The summed E-state index contributed by atoms with van der Waals surface area (Å²) >= 11 is 7.29. The van der Waals surface area contributed by atoms with Crippen molar-refractivity contribution in [2.45, 2.75) is 24.0 Å². The number of benzene rings is 2. The molecule has 31 heavy (non-hydrogen) atoms. The van der Waals surface area contributed by atoms with Crippen LogP contribution in [-0.2, 0) is 9.53 Å². The van der Waals surface area contributed by atoms with Gasteiger partial charge in [0.2, 0.25) is 0 Å². The molecule has 0 aliphatic heterocycles. The molecule has 0 spiro atoms. The van der Waals surface area contributed by atoms with Crippen LogP contribution in [-0.4, -0.2) is 29.9 Å². The molecule has 0 saturated heterocycles. The summed E-state index contributed by atoms with van der Waals surface area (Å²) in [6.45, 7) is 3.89. The van der Waals surface area contributed by atoms with Crippen molar-refractivity contribution in [1.29, 1.82) is 0 Å². The third-order valence-corrected chi connectivity index (χ3v) is 5.53. The first-order valence-electron chi connectivity index (χ1n) is 9.59. The van der Waals surface area contributed by atoms with Gasteiger partial charge < -0.3 is 9.15 Å². The second-order valence-electron chi connectivity index (χ2n) is 6.45. The van der Waals surface area contributed by atoms with Crippen molar-refractivity contribution in [3.8, 4) is 11.3 Å². The van der Waals surface area contributed by atoms with Gasteiger partial charge in [0, 0.05) is 15.5 Å². The van der Waals surface area contributed by atoms with Gasteiger partial charge in [-0.05, 0) is 62.4 Å². The molecule has 0 fully saturated rings. The number of hydrogen-bond donors (Lipinski definition) is 1. The Labute approximate surface area is 189 Å². The quantitative estimate of drug-likeness (QED) is 0.212. The van der Waals surface area contributed by atoms with E-state index in [0.29, 0.717) is 28.7 Å². The van der Waals surface area contributed by atoms with Gasteiger partial charge in [-0.25, -0.2) is 10.2 Å². The predicted molar refractivity (Wildman–Crippen MR) is 123 cm³/mol. The largest absolute Gasteiger partial charge is 0.462 e. The van der Waals surface area contributed by atoms with E-state index in [1.807, 2.05) is 12.1 Å². The van der Waals surface area contributed by atoms with Crippen LogP contribution < -0.4 is 5.43 Å². The molecule has 6 nitrogen and oxygen atoms in total. The maximum Gasteiger partial charge on any atom is 0.338 e. The Hall–Kier alpha value is -3.03. The van der Waals surface area contributed by atoms with Gasteiger partial charge in [0.15, 0.2) is 0 Å². The van der Waals surface area contributed by atoms with Crippen LogP contribution in [0.1, 0.15) is 30.0 Å². The molecule has 0 saturated carbocycles. The van der Waals surface area contributed by atoms with Crippen molar-refractivity contribution in [3.63, 3.8) is 0 Å². The van der Waals surface area contributed by atoms with Gasteiger partial charge in [-0.1, -0.05) is 23.7 Å². The zero-order valence-electron chi connectivity index (χ0n) is 17.0. The second-order valence-corrected chi connectivity index (χ2v) is 8.30. The SMILES string of the molecule is CCOC(=O)c1ccc(-c2ccc(/C=N\NC(=O)[C@@H](C)Sc3ccc(Cl)cc3)o2)cc1. The summed E-state index contributed by atoms with van der Waals surface area (Å²) < 4.78 is 10.7. The number of hydrogen-bond acceptors (Lipinski definition) is 6. The smallest absolute Gasteiger partial charge is 0.338 e. The normalized spacial score (nSPS) is 12.0. The number of amides is 1. The minimum Gasteiger partial charge on any atom is -0.462 e. The van der Waals surface area contributed by atoms with E-state index >= 15 is 0 Å². The molecule has 2 aromatic carbocycles. The number of carbonyl (C=O) groups excluding carboxylic acids is 2. The number of rotatable bonds is 8. The molecule has 0 aliphatic rings. The minimum absolute atomic E-state index is 0.225. The van der Waals surface area contributed by atoms with Crippen molar-refractivity contribution in [2.75, 3.05) is 6.61 Å². The summed E-state index contributed by atoms with van der Waals surface area (Å²) in [6.07, 6.45) is 1.44. The third kappa shape index (κ3) is 6.47. The molecular weight excluding hydrogens is 436 g/mol. The lowest BCUT2D eigenvalue weighted by molar-refractivity contribution is -0.120. The Morgan fingerprint density at radius 3 is 2.52 bits per heavy atom. The van der Waals surface area contributed by atoms with Gasteiger partial charge in [0.05, 0.1) is 23.6 Å². The van der Waals surface area contributed by atoms with E-state index in [-0.39, 0.29) is 17.1 Å². The van der Waals surface area contributed by atoms with Crippen LogP contribution in [0.2, 0.25) is 5.02 Å². The molecule has 8 heteroatoms. The maximum absolute atomic E-state index is 12.2. The molecule has 0 bridgehead atoms. The number of thioether (sulfide) groups is 1. The second kappa shape index (κ2) is 10.8. The van der Waals surface area contributed by atoms with Crippen molar-refractivity contribution < 1.29 is 18.7 Å². The molecule has 3 aromatic rings. The molecule has 1 amide bonds. The molecule has 3 rings (SSSR count). The van der Waals surface area contributed by atoms with Crippen molar-refractivity contribution >= 4 is 41.5 Å². The molecule has 0 unspecified atom stereocenters. The minimum atomic E-state index is -0.361. The highest BCUT2D eigenvalue weighted by atomic mass is 35.5. The number of furan rings is 1. The van der Waals surface area contributed by atoms with E-state index in [4.69, 9.17) is 20.8 Å². The summed E-state index contributed by atoms with van der Waals surface area (Å²) in [5.41, 5.74) is 3.80. The molecule has 1 atom stereocenters. The molecule has 1 heterocycles. The Balaban J connectivity index is 1.54. The Bertz CT molecular complexity index is 1060. The number of nitrogens with zero attached hydrogens (tertiary/aromatic N) is 1. The first-order chi connectivity index (χ1) is 15.0. The Morgan fingerprint density at radius 2 is 1.84 bits per heavy atom. The van der Waals surface area contributed by atoms with Crippen LogP contribution in [0.25, 0.3) is 11.3 Å². The summed E-state index contributed by atoms with van der Waals surface area (Å²) in [7, 11) is 0. The third-order valence-electron chi connectivity index (χ3n) is 4.17. The van der Waals surface area contributed by atoms with Gasteiger partial charge in [-0.2, -0.15) is 5.10 Å². The molecule has 160 valence electrons. The van der Waals surface area contributed by atoms with Gasteiger partial charge in [0.25, 0.3) is 5.91 Å². The fourth-order valence-electron chi connectivity index (χ4n) is 2.58. The monoisotopic (exact) mass is 456 g/mol. The lowest BCUT2D eigenvalue weighted by Crippen LogP contribution is -2.26. The number of nitrogens with one attached hydrogen (secondary N) is 1. The van der Waals surface area contributed by atoms with Crippen molar-refractivity contribution in [3.05, 3.63) is 77.0 Å². The fraction of sp³-hybridized carbons (Fsp3) is 0.174. The van der Waals surface area contributed by atoms with Crippen LogP contribution in [0.15, 0.2) is 75.1 Å². The van der Waals surface area contributed by atoms with Crippen molar-refractivity contribution in [2.24, 2.45) is 5.10 Å². The Morgan fingerprint density at radius 1 is 1.13 bits per heavy atom. The van der Waals surface area contributed by atoms with Gasteiger partial charge >= 0.3 is 5.97 Å². The molecule has 1 aromatic heterocycles. The van der Waals surface area contributed by atoms with E-state index < -0.39 is 0 Å². The molecule has 0 radical (unpaired) electrons. The van der Waals surface area contributed by atoms with E-state index in [1.165, 1.54) is 18.0 Å². The number of hydrazone groups is 1. The number of esters is 1. The number of ether oxygens (including phenoxy) is 1. The summed E-state index contributed by atoms with van der Waals surface area (Å²) in [5, 5.41) is 4.29. The summed E-state index contributed by atoms with van der Waals surface area (Å²) in [4.78, 5) is 24.9. The van der Waals surface area contributed by atoms with E-state index in [9.17, 15) is 9.59 Å². The topological polar surface area (TPSA) is 80.9 Å². The highest BCUT2D eigenvalue weighted by Gasteiger charge is 2.14. The molecule has 0 aliphatic carbocycles. The van der Waals surface area contributed by atoms with Crippen LogP contribution >= 0.6 is 23.4 Å². The Kier molecular flexibility index (Phi) is 7.92. The van der Waals surface area contributed by atoms with Gasteiger partial charge in [-0.15, -0.1) is 11.8 Å². The fourth-order valence-corrected chi connectivity index (χ4v) is 3.57. The average Bonchev–Trinajstić information content (AvgIpc) is 3.24. The zero-order valence-corrected chi connectivity index (χ0v) is 18.6. The molecular formula is C23H21ClN2O4S. The van der Waals surface area contributed by atoms with E-state index in [0.717, 1.165) is 10.5 Å².